The molecule has 2 fully saturated rings. The average Bonchev–Trinajstić information content (AvgIpc) is 3.76. The molecule has 4 rings (SSSR count). The average molecular weight is 451 g/mol. The summed E-state index contributed by atoms with van der Waals surface area (Å²) in [6, 6.07) is 11.7. The molecule has 1 N–H and O–H groups in total. The van der Waals surface area contributed by atoms with E-state index in [1.807, 2.05) is 29.2 Å². The Morgan fingerprint density at radius 1 is 0.970 bits per heavy atom. The van der Waals surface area contributed by atoms with E-state index in [1.54, 1.807) is 45.6 Å². The fraction of sp³-hybridized carbons (Fsp3) is 0.385. The molecular formula is C26H30N2O5. The lowest BCUT2D eigenvalue weighted by molar-refractivity contribution is -0.127. The SMILES string of the molecule is COc1cc(/C=C/C(=O)N(Cc2ccc(C(=O)NC3CC3)cc2)C2CC2)cc(OC)c1OC. The zero-order chi connectivity index (χ0) is 23.4. The van der Waals surface area contributed by atoms with Gasteiger partial charge in [-0.15, -0.1) is 0 Å². The molecule has 7 nitrogen and oxygen atoms in total. The molecule has 2 aromatic carbocycles. The lowest BCUT2D eigenvalue weighted by Crippen LogP contribution is -2.31. The first kappa shape index (κ1) is 22.7. The van der Waals surface area contributed by atoms with E-state index in [9.17, 15) is 9.59 Å². The van der Waals surface area contributed by atoms with Gasteiger partial charge in [-0.25, -0.2) is 0 Å². The van der Waals surface area contributed by atoms with Gasteiger partial charge in [-0.2, -0.15) is 0 Å². The predicted octanol–water partition coefficient (Wildman–Crippen LogP) is 3.81. The van der Waals surface area contributed by atoms with Crippen molar-refractivity contribution in [2.24, 2.45) is 0 Å². The first-order valence-corrected chi connectivity index (χ1v) is 11.2. The van der Waals surface area contributed by atoms with Crippen molar-refractivity contribution in [2.75, 3.05) is 21.3 Å². The number of carbonyl (C=O) groups is 2. The number of nitrogens with one attached hydrogen (secondary N) is 1. The normalized spacial score (nSPS) is 15.2. The molecule has 2 aliphatic carbocycles. The van der Waals surface area contributed by atoms with Crippen LogP contribution in [0.25, 0.3) is 6.08 Å². The molecule has 0 heterocycles. The van der Waals surface area contributed by atoms with Crippen LogP contribution in [0.3, 0.4) is 0 Å². The minimum atomic E-state index is -0.0539. The van der Waals surface area contributed by atoms with E-state index in [4.69, 9.17) is 14.2 Å². The van der Waals surface area contributed by atoms with Crippen LogP contribution in [0.1, 0.15) is 47.2 Å². The third-order valence-corrected chi connectivity index (χ3v) is 5.86. The molecule has 0 saturated heterocycles. The van der Waals surface area contributed by atoms with Gasteiger partial charge in [-0.1, -0.05) is 12.1 Å². The standard InChI is InChI=1S/C26H30N2O5/c1-31-22-14-18(15-23(32-2)25(22)33-3)6-13-24(29)28(21-11-12-21)16-17-4-7-19(8-5-17)26(30)27-20-9-10-20/h4-8,13-15,20-21H,9-12,16H2,1-3H3,(H,27,30)/b13-6+. The predicted molar refractivity (Wildman–Crippen MR) is 126 cm³/mol. The Kier molecular flexibility index (Phi) is 6.87. The van der Waals surface area contributed by atoms with Gasteiger partial charge >= 0.3 is 0 Å². The molecule has 2 aliphatic rings. The Morgan fingerprint density at radius 3 is 2.12 bits per heavy atom. The Morgan fingerprint density at radius 2 is 1.61 bits per heavy atom. The number of methoxy groups -OCH3 is 3. The fourth-order valence-electron chi connectivity index (χ4n) is 3.69. The van der Waals surface area contributed by atoms with E-state index >= 15 is 0 Å². The lowest BCUT2D eigenvalue weighted by Gasteiger charge is -2.21. The van der Waals surface area contributed by atoms with Crippen LogP contribution < -0.4 is 19.5 Å². The van der Waals surface area contributed by atoms with Gasteiger partial charge in [0.25, 0.3) is 5.91 Å². The van der Waals surface area contributed by atoms with Gasteiger partial charge in [0.2, 0.25) is 11.7 Å². The number of amides is 2. The Bertz CT molecular complexity index is 1010. The summed E-state index contributed by atoms with van der Waals surface area (Å²) in [5.41, 5.74) is 2.43. The number of rotatable bonds is 10. The minimum absolute atomic E-state index is 0.0348. The summed E-state index contributed by atoms with van der Waals surface area (Å²) in [4.78, 5) is 27.1. The number of hydrogen-bond acceptors (Lipinski definition) is 5. The van der Waals surface area contributed by atoms with Crippen molar-refractivity contribution in [3.63, 3.8) is 0 Å². The summed E-state index contributed by atoms with van der Waals surface area (Å²) in [6.07, 6.45) is 7.47. The van der Waals surface area contributed by atoms with Crippen molar-refractivity contribution in [2.45, 2.75) is 44.3 Å². The zero-order valence-corrected chi connectivity index (χ0v) is 19.3. The van der Waals surface area contributed by atoms with E-state index in [0.29, 0.717) is 35.4 Å². The monoisotopic (exact) mass is 450 g/mol. The summed E-state index contributed by atoms with van der Waals surface area (Å²) < 4.78 is 16.1. The van der Waals surface area contributed by atoms with E-state index < -0.39 is 0 Å². The van der Waals surface area contributed by atoms with E-state index in [-0.39, 0.29) is 17.9 Å². The van der Waals surface area contributed by atoms with Crippen LogP contribution in [0, 0.1) is 0 Å². The highest BCUT2D eigenvalue weighted by Gasteiger charge is 2.31. The summed E-state index contributed by atoms with van der Waals surface area (Å²) in [7, 11) is 4.68. The number of hydrogen-bond donors (Lipinski definition) is 1. The largest absolute Gasteiger partial charge is 0.493 e. The van der Waals surface area contributed by atoms with Crippen molar-refractivity contribution < 1.29 is 23.8 Å². The number of carbonyl (C=O) groups excluding carboxylic acids is 2. The Hall–Kier alpha value is -3.48. The zero-order valence-electron chi connectivity index (χ0n) is 19.3. The molecule has 174 valence electrons. The summed E-state index contributed by atoms with van der Waals surface area (Å²) >= 11 is 0. The molecule has 0 bridgehead atoms. The maximum atomic E-state index is 13.0. The van der Waals surface area contributed by atoms with Crippen molar-refractivity contribution in [1.29, 1.82) is 0 Å². The summed E-state index contributed by atoms with van der Waals surface area (Å²) in [5, 5.41) is 2.99. The maximum absolute atomic E-state index is 13.0. The Balaban J connectivity index is 1.44. The smallest absolute Gasteiger partial charge is 0.251 e. The molecule has 33 heavy (non-hydrogen) atoms. The molecule has 2 aromatic rings. The summed E-state index contributed by atoms with van der Waals surface area (Å²) in [5.74, 6) is 1.49. The highest BCUT2D eigenvalue weighted by Crippen LogP contribution is 2.38. The van der Waals surface area contributed by atoms with Crippen LogP contribution >= 0.6 is 0 Å². The molecule has 0 spiro atoms. The number of nitrogens with zero attached hydrogens (tertiary/aromatic N) is 1. The second kappa shape index (κ2) is 9.98. The topological polar surface area (TPSA) is 77.1 Å². The molecule has 0 atom stereocenters. The van der Waals surface area contributed by atoms with Crippen LogP contribution in [-0.4, -0.2) is 50.1 Å². The third-order valence-electron chi connectivity index (χ3n) is 5.86. The van der Waals surface area contributed by atoms with Gasteiger partial charge in [0.15, 0.2) is 11.5 Å². The van der Waals surface area contributed by atoms with Gasteiger partial charge in [0.05, 0.1) is 21.3 Å². The molecule has 2 saturated carbocycles. The van der Waals surface area contributed by atoms with Crippen LogP contribution in [0.4, 0.5) is 0 Å². The highest BCUT2D eigenvalue weighted by molar-refractivity contribution is 5.94. The van der Waals surface area contributed by atoms with E-state index in [2.05, 4.69) is 5.32 Å². The Labute approximate surface area is 194 Å². The first-order chi connectivity index (χ1) is 16.0. The van der Waals surface area contributed by atoms with E-state index in [1.165, 1.54) is 0 Å². The van der Waals surface area contributed by atoms with Gasteiger partial charge in [0.1, 0.15) is 0 Å². The second-order valence-electron chi connectivity index (χ2n) is 8.43. The molecule has 2 amide bonds. The third kappa shape index (κ3) is 5.66. The first-order valence-electron chi connectivity index (χ1n) is 11.2. The van der Waals surface area contributed by atoms with Crippen molar-refractivity contribution in [3.8, 4) is 17.2 Å². The van der Waals surface area contributed by atoms with Gasteiger partial charge in [-0.05, 0) is 67.2 Å². The van der Waals surface area contributed by atoms with Gasteiger partial charge in [0, 0.05) is 30.3 Å². The van der Waals surface area contributed by atoms with Crippen LogP contribution in [0.15, 0.2) is 42.5 Å². The van der Waals surface area contributed by atoms with E-state index in [0.717, 1.165) is 36.8 Å². The molecule has 0 aromatic heterocycles. The van der Waals surface area contributed by atoms with Crippen LogP contribution in [0.5, 0.6) is 17.2 Å². The molecule has 0 unspecified atom stereocenters. The minimum Gasteiger partial charge on any atom is -0.493 e. The second-order valence-corrected chi connectivity index (χ2v) is 8.43. The van der Waals surface area contributed by atoms with Crippen LogP contribution in [0.2, 0.25) is 0 Å². The lowest BCUT2D eigenvalue weighted by atomic mass is 10.1. The molecular weight excluding hydrogens is 420 g/mol. The maximum Gasteiger partial charge on any atom is 0.251 e. The molecule has 0 aliphatic heterocycles. The van der Waals surface area contributed by atoms with Gasteiger partial charge in [-0.3, -0.25) is 9.59 Å². The summed E-state index contributed by atoms with van der Waals surface area (Å²) in [6.45, 7) is 0.508. The van der Waals surface area contributed by atoms with Crippen molar-refractivity contribution >= 4 is 17.9 Å². The number of ether oxygens (including phenoxy) is 3. The fourth-order valence-corrected chi connectivity index (χ4v) is 3.69. The van der Waals surface area contributed by atoms with Crippen molar-refractivity contribution in [3.05, 3.63) is 59.2 Å². The quantitative estimate of drug-likeness (QED) is 0.557. The highest BCUT2D eigenvalue weighted by atomic mass is 16.5. The molecule has 7 heteroatoms. The number of benzene rings is 2. The van der Waals surface area contributed by atoms with Crippen molar-refractivity contribution in [1.82, 2.24) is 10.2 Å². The molecule has 0 radical (unpaired) electrons. The van der Waals surface area contributed by atoms with Gasteiger partial charge < -0.3 is 24.4 Å². The van der Waals surface area contributed by atoms with Crippen LogP contribution in [-0.2, 0) is 11.3 Å².